The van der Waals surface area contributed by atoms with Crippen LogP contribution in [0.1, 0.15) is 56.2 Å². The maximum atomic E-state index is 13.3. The summed E-state index contributed by atoms with van der Waals surface area (Å²) in [4.78, 5) is 10.4. The van der Waals surface area contributed by atoms with Gasteiger partial charge in [-0.3, -0.25) is 4.79 Å². The predicted octanol–water partition coefficient (Wildman–Crippen LogP) is 3.32. The van der Waals surface area contributed by atoms with Crippen LogP contribution < -0.4 is 14.8 Å². The van der Waals surface area contributed by atoms with E-state index in [4.69, 9.17) is 9.84 Å². The molecule has 0 heterocycles. The molecule has 0 spiro atoms. The molecule has 1 aliphatic carbocycles. The number of aliphatic carboxylic acids is 1. The molecule has 1 aromatic rings. The maximum Gasteiger partial charge on any atom is 0.419 e. The lowest BCUT2D eigenvalue weighted by Crippen LogP contribution is -2.29. The van der Waals surface area contributed by atoms with E-state index in [9.17, 15) is 26.4 Å². The minimum absolute atomic E-state index is 0.123. The Morgan fingerprint density at radius 3 is 2.58 bits per heavy atom. The fourth-order valence-electron chi connectivity index (χ4n) is 2.96. The van der Waals surface area contributed by atoms with Crippen molar-refractivity contribution in [3.8, 4) is 5.75 Å². The van der Waals surface area contributed by atoms with E-state index in [0.29, 0.717) is 31.4 Å². The number of nitrogens with one attached hydrogen (secondary N) is 2. The van der Waals surface area contributed by atoms with Crippen LogP contribution in [-0.2, 0) is 21.0 Å². The van der Waals surface area contributed by atoms with Gasteiger partial charge in [-0.05, 0) is 62.8 Å². The first-order chi connectivity index (χ1) is 14.5. The Hall–Kier alpha value is -1.85. The Labute approximate surface area is 180 Å². The molecule has 31 heavy (non-hydrogen) atoms. The van der Waals surface area contributed by atoms with Gasteiger partial charge in [0.2, 0.25) is 10.0 Å². The molecule has 2 rings (SSSR count). The first-order valence-corrected chi connectivity index (χ1v) is 11.9. The van der Waals surface area contributed by atoms with Gasteiger partial charge in [-0.1, -0.05) is 12.5 Å². The summed E-state index contributed by atoms with van der Waals surface area (Å²) >= 11 is 0. The molecule has 0 aliphatic heterocycles. The number of carboxylic acids is 1. The number of hydrogen-bond donors (Lipinski definition) is 3. The number of unbranched alkanes of at least 4 members (excludes halogenated alkanes) is 2. The number of ether oxygens (including phenoxy) is 1. The summed E-state index contributed by atoms with van der Waals surface area (Å²) < 4.78 is 72.3. The molecule has 1 aliphatic rings. The number of alkyl halides is 3. The Bertz CT molecular complexity index is 842. The van der Waals surface area contributed by atoms with Crippen LogP contribution in [0.3, 0.4) is 0 Å². The van der Waals surface area contributed by atoms with E-state index in [0.717, 1.165) is 18.9 Å². The van der Waals surface area contributed by atoms with Gasteiger partial charge in [0, 0.05) is 6.04 Å². The minimum atomic E-state index is -4.56. The highest BCUT2D eigenvalue weighted by Gasteiger charge is 2.35. The van der Waals surface area contributed by atoms with Crippen LogP contribution in [0.25, 0.3) is 0 Å². The highest BCUT2D eigenvalue weighted by molar-refractivity contribution is 7.89. The Morgan fingerprint density at radius 1 is 1.26 bits per heavy atom. The summed E-state index contributed by atoms with van der Waals surface area (Å²) in [5.74, 6) is -1.08. The van der Waals surface area contributed by atoms with Gasteiger partial charge in [-0.2, -0.15) is 13.2 Å². The summed E-state index contributed by atoms with van der Waals surface area (Å²) in [5, 5.41) is 11.2. The number of halogens is 3. The highest BCUT2D eigenvalue weighted by atomic mass is 32.2. The van der Waals surface area contributed by atoms with Crippen molar-refractivity contribution in [3.05, 3.63) is 29.3 Å². The largest absolute Gasteiger partial charge is 0.493 e. The van der Waals surface area contributed by atoms with E-state index < -0.39 is 33.8 Å². The van der Waals surface area contributed by atoms with Crippen molar-refractivity contribution in [2.75, 3.05) is 25.4 Å². The molecule has 1 saturated carbocycles. The van der Waals surface area contributed by atoms with Crippen molar-refractivity contribution >= 4 is 16.0 Å². The molecule has 7 nitrogen and oxygen atoms in total. The van der Waals surface area contributed by atoms with Gasteiger partial charge >= 0.3 is 12.1 Å². The summed E-state index contributed by atoms with van der Waals surface area (Å²) in [6.07, 6.45) is -1.06. The fourth-order valence-corrected chi connectivity index (χ4v) is 4.34. The van der Waals surface area contributed by atoms with Crippen molar-refractivity contribution < 1.29 is 36.2 Å². The number of rotatable bonds is 14. The molecular weight excluding hydrogens is 437 g/mol. The predicted molar refractivity (Wildman–Crippen MR) is 109 cm³/mol. The average molecular weight is 467 g/mol. The zero-order valence-electron chi connectivity index (χ0n) is 17.4. The number of carboxylic acid groups (broad SMARTS) is 1. The summed E-state index contributed by atoms with van der Waals surface area (Å²) in [6, 6.07) is 2.72. The zero-order valence-corrected chi connectivity index (χ0v) is 18.2. The lowest BCUT2D eigenvalue weighted by molar-refractivity contribution is -0.139. The Balaban J connectivity index is 1.89. The molecule has 1 fully saturated rings. The van der Waals surface area contributed by atoms with Crippen LogP contribution in [0.5, 0.6) is 5.75 Å². The molecule has 1 atom stereocenters. The van der Waals surface area contributed by atoms with Gasteiger partial charge in [0.1, 0.15) is 5.75 Å². The van der Waals surface area contributed by atoms with E-state index in [1.54, 1.807) is 6.92 Å². The minimum Gasteiger partial charge on any atom is -0.493 e. The van der Waals surface area contributed by atoms with Gasteiger partial charge in [-0.15, -0.1) is 0 Å². The summed E-state index contributed by atoms with van der Waals surface area (Å²) in [7, 11) is -3.63. The van der Waals surface area contributed by atoms with E-state index in [1.807, 2.05) is 0 Å². The SMILES string of the molecule is C[C@H](NS(=O)(=O)CCCCCNCC(=O)O)c1ccc(C(F)(F)F)c(OCC2CC2)c1. The highest BCUT2D eigenvalue weighted by Crippen LogP contribution is 2.39. The molecule has 0 bridgehead atoms. The van der Waals surface area contributed by atoms with Gasteiger partial charge < -0.3 is 15.2 Å². The Morgan fingerprint density at radius 2 is 1.97 bits per heavy atom. The van der Waals surface area contributed by atoms with Gasteiger partial charge in [0.15, 0.2) is 0 Å². The third-order valence-electron chi connectivity index (χ3n) is 4.88. The standard InChI is InChI=1S/C20H29F3N2O5S/c1-14(25-31(28,29)10-4-2-3-9-24-12-19(26)27)16-7-8-17(20(21,22)23)18(11-16)30-13-15-5-6-15/h7-8,11,14-15,24-25H,2-6,9-10,12-13H2,1H3,(H,26,27)/t14-/m0/s1. The summed E-state index contributed by atoms with van der Waals surface area (Å²) in [5.41, 5.74) is -0.483. The van der Waals surface area contributed by atoms with Crippen LogP contribution in [0.2, 0.25) is 0 Å². The smallest absolute Gasteiger partial charge is 0.419 e. The van der Waals surface area contributed by atoms with Crippen molar-refractivity contribution in [2.45, 2.75) is 51.2 Å². The van der Waals surface area contributed by atoms with E-state index in [-0.39, 0.29) is 30.6 Å². The van der Waals surface area contributed by atoms with Crippen molar-refractivity contribution in [1.82, 2.24) is 10.0 Å². The van der Waals surface area contributed by atoms with Crippen molar-refractivity contribution in [3.63, 3.8) is 0 Å². The molecule has 0 unspecified atom stereocenters. The zero-order chi connectivity index (χ0) is 23.1. The second kappa shape index (κ2) is 11.1. The fraction of sp³-hybridized carbons (Fsp3) is 0.650. The van der Waals surface area contributed by atoms with E-state index in [1.165, 1.54) is 12.1 Å². The quantitative estimate of drug-likeness (QED) is 0.364. The molecule has 176 valence electrons. The summed E-state index contributed by atoms with van der Waals surface area (Å²) in [6.45, 7) is 2.12. The molecule has 1 aromatic carbocycles. The monoisotopic (exact) mass is 466 g/mol. The van der Waals surface area contributed by atoms with E-state index >= 15 is 0 Å². The first kappa shape index (κ1) is 25.4. The normalized spacial score (nSPS) is 15.6. The number of sulfonamides is 1. The second-order valence-electron chi connectivity index (χ2n) is 7.80. The number of hydrogen-bond acceptors (Lipinski definition) is 5. The van der Waals surface area contributed by atoms with Crippen LogP contribution >= 0.6 is 0 Å². The van der Waals surface area contributed by atoms with Gasteiger partial charge in [-0.25, -0.2) is 13.1 Å². The molecule has 11 heteroatoms. The maximum absolute atomic E-state index is 13.3. The lowest BCUT2D eigenvalue weighted by Gasteiger charge is -2.19. The molecule has 0 saturated heterocycles. The second-order valence-corrected chi connectivity index (χ2v) is 9.67. The number of carbonyl (C=O) groups is 1. The topological polar surface area (TPSA) is 105 Å². The van der Waals surface area contributed by atoms with Crippen molar-refractivity contribution in [2.24, 2.45) is 5.92 Å². The van der Waals surface area contributed by atoms with Gasteiger partial charge in [0.25, 0.3) is 0 Å². The molecule has 3 N–H and O–H groups in total. The third-order valence-corrected chi connectivity index (χ3v) is 6.42. The molecular formula is C20H29F3N2O5S. The molecule has 0 radical (unpaired) electrons. The molecule has 0 amide bonds. The van der Waals surface area contributed by atoms with Crippen LogP contribution in [-0.4, -0.2) is 44.9 Å². The Kier molecular flexibility index (Phi) is 9.14. The van der Waals surface area contributed by atoms with Crippen LogP contribution in [0, 0.1) is 5.92 Å². The first-order valence-electron chi connectivity index (χ1n) is 10.2. The van der Waals surface area contributed by atoms with Crippen LogP contribution in [0.4, 0.5) is 13.2 Å². The number of benzene rings is 1. The van der Waals surface area contributed by atoms with Gasteiger partial charge in [0.05, 0.1) is 24.5 Å². The third kappa shape index (κ3) is 9.44. The lowest BCUT2D eigenvalue weighted by atomic mass is 10.1. The van der Waals surface area contributed by atoms with Crippen LogP contribution in [0.15, 0.2) is 18.2 Å². The molecule has 0 aromatic heterocycles. The van der Waals surface area contributed by atoms with E-state index in [2.05, 4.69) is 10.0 Å². The van der Waals surface area contributed by atoms with Crippen molar-refractivity contribution in [1.29, 1.82) is 0 Å². The average Bonchev–Trinajstić information content (AvgIpc) is 3.48.